The highest BCUT2D eigenvalue weighted by molar-refractivity contribution is 6.02. The number of carbonyl (C=O) groups excluding carboxylic acids is 1. The number of fused-ring (bicyclic) bond motifs is 1. The van der Waals surface area contributed by atoms with Gasteiger partial charge in [0.25, 0.3) is 5.91 Å². The topological polar surface area (TPSA) is 87.1 Å². The zero-order valence-corrected chi connectivity index (χ0v) is 17.9. The van der Waals surface area contributed by atoms with Gasteiger partial charge in [-0.05, 0) is 44.0 Å². The number of aromatic nitrogens is 3. The van der Waals surface area contributed by atoms with Crippen molar-refractivity contribution >= 4 is 28.8 Å². The third-order valence-electron chi connectivity index (χ3n) is 6.11. The molecule has 3 N–H and O–H groups in total. The maximum atomic E-state index is 14.6. The maximum absolute atomic E-state index is 14.6. The number of pyridine rings is 1. The second-order valence-corrected chi connectivity index (χ2v) is 8.31. The fraction of sp³-hybridized carbons (Fsp3) is 0.348. The minimum Gasteiger partial charge on any atom is -0.352 e. The van der Waals surface area contributed by atoms with Crippen molar-refractivity contribution in [2.75, 3.05) is 37.3 Å². The van der Waals surface area contributed by atoms with E-state index in [1.54, 1.807) is 30.3 Å². The third-order valence-corrected chi connectivity index (χ3v) is 6.11. The van der Waals surface area contributed by atoms with E-state index < -0.39 is 5.82 Å². The van der Waals surface area contributed by atoms with Gasteiger partial charge < -0.3 is 20.9 Å². The highest BCUT2D eigenvalue weighted by Crippen LogP contribution is 2.30. The quantitative estimate of drug-likeness (QED) is 0.569. The van der Waals surface area contributed by atoms with Crippen molar-refractivity contribution in [2.24, 2.45) is 0 Å². The Morgan fingerprint density at radius 1 is 1.16 bits per heavy atom. The average molecular weight is 436 g/mol. The van der Waals surface area contributed by atoms with Gasteiger partial charge in [0.1, 0.15) is 5.82 Å². The molecule has 0 unspecified atom stereocenters. The van der Waals surface area contributed by atoms with Gasteiger partial charge in [0.2, 0.25) is 0 Å². The second-order valence-electron chi connectivity index (χ2n) is 8.31. The van der Waals surface area contributed by atoms with E-state index in [4.69, 9.17) is 0 Å². The zero-order valence-electron chi connectivity index (χ0n) is 17.9. The van der Waals surface area contributed by atoms with Crippen LogP contribution in [0.1, 0.15) is 34.8 Å². The van der Waals surface area contributed by atoms with Crippen LogP contribution in [0.2, 0.25) is 0 Å². The first-order chi connectivity index (χ1) is 15.6. The Morgan fingerprint density at radius 3 is 2.84 bits per heavy atom. The number of benzene rings is 1. The van der Waals surface area contributed by atoms with E-state index in [-0.39, 0.29) is 11.6 Å². The number of nitrogens with zero attached hydrogens (tertiary/aromatic N) is 4. The number of rotatable bonds is 5. The van der Waals surface area contributed by atoms with E-state index in [2.05, 4.69) is 26.0 Å². The molecule has 0 radical (unpaired) electrons. The monoisotopic (exact) mass is 435 g/mol. The number of hydrogen-bond acceptors (Lipinski definition) is 6. The lowest BCUT2D eigenvalue weighted by molar-refractivity contribution is 0.0782. The Hall–Kier alpha value is -3.46. The zero-order chi connectivity index (χ0) is 22.1. The molecule has 1 fully saturated rings. The predicted molar refractivity (Wildman–Crippen MR) is 121 cm³/mol. The van der Waals surface area contributed by atoms with E-state index >= 15 is 0 Å². The van der Waals surface area contributed by atoms with Crippen LogP contribution in [-0.2, 0) is 6.42 Å². The van der Waals surface area contributed by atoms with Crippen molar-refractivity contribution in [2.45, 2.75) is 25.3 Å². The molecule has 1 aromatic carbocycles. The number of amides is 1. The van der Waals surface area contributed by atoms with Gasteiger partial charge in [-0.25, -0.2) is 9.37 Å². The van der Waals surface area contributed by atoms with E-state index in [9.17, 15) is 9.18 Å². The summed E-state index contributed by atoms with van der Waals surface area (Å²) in [7, 11) is 1.78. The molecule has 1 amide bonds. The van der Waals surface area contributed by atoms with Crippen molar-refractivity contribution in [1.82, 2.24) is 25.0 Å². The molecule has 4 heterocycles. The Balaban J connectivity index is 1.37. The highest BCUT2D eigenvalue weighted by Gasteiger charge is 2.25. The minimum atomic E-state index is -0.491. The number of piperidine rings is 1. The van der Waals surface area contributed by atoms with Gasteiger partial charge in [-0.3, -0.25) is 9.48 Å². The molecule has 0 atom stereocenters. The number of likely N-dealkylation sites (N-methyl/N-ethyl adjacent to an activating group) is 1. The molecule has 1 saturated heterocycles. The molecule has 9 heteroatoms. The molecular formula is C23H26FN7O. The molecule has 2 aliphatic rings. The molecule has 0 saturated carbocycles. The van der Waals surface area contributed by atoms with Crippen LogP contribution < -0.4 is 16.0 Å². The molecule has 5 rings (SSSR count). The Labute approximate surface area is 185 Å². The van der Waals surface area contributed by atoms with Crippen LogP contribution in [0.5, 0.6) is 0 Å². The van der Waals surface area contributed by atoms with E-state index in [1.165, 1.54) is 6.20 Å². The summed E-state index contributed by atoms with van der Waals surface area (Å²) in [6, 6.07) is 7.61. The third kappa shape index (κ3) is 4.03. The number of anilines is 4. The minimum absolute atomic E-state index is 0.0625. The van der Waals surface area contributed by atoms with Crippen molar-refractivity contribution in [3.8, 4) is 0 Å². The summed E-state index contributed by atoms with van der Waals surface area (Å²) in [5.74, 6) is -0.0605. The van der Waals surface area contributed by atoms with Crippen LogP contribution >= 0.6 is 0 Å². The molecule has 0 bridgehead atoms. The Morgan fingerprint density at radius 2 is 2.00 bits per heavy atom. The lowest BCUT2D eigenvalue weighted by atomic mass is 9.97. The molecule has 166 valence electrons. The Kier molecular flexibility index (Phi) is 5.48. The fourth-order valence-electron chi connectivity index (χ4n) is 4.32. The van der Waals surface area contributed by atoms with Gasteiger partial charge in [0, 0.05) is 25.9 Å². The first kappa shape index (κ1) is 20.4. The molecule has 32 heavy (non-hydrogen) atoms. The summed E-state index contributed by atoms with van der Waals surface area (Å²) >= 11 is 0. The van der Waals surface area contributed by atoms with Crippen LogP contribution in [0.15, 0.2) is 42.9 Å². The van der Waals surface area contributed by atoms with Gasteiger partial charge in [-0.15, -0.1) is 0 Å². The number of hydrogen-bond donors (Lipinski definition) is 3. The van der Waals surface area contributed by atoms with Crippen LogP contribution in [0, 0.1) is 5.82 Å². The fourth-order valence-corrected chi connectivity index (χ4v) is 4.32. The molecule has 2 aliphatic heterocycles. The Bertz CT molecular complexity index is 1140. The van der Waals surface area contributed by atoms with Crippen molar-refractivity contribution < 1.29 is 9.18 Å². The standard InChI is InChI=1S/C23H26FN7O/c1-30-10-7-15-3-2-4-19(22(15)23(30)32)29-20-11-21(26-13-18(20)24)28-16-12-27-31(14-16)17-5-8-25-9-6-17/h2-4,11-14,17,25H,5-10H2,1H3,(H2,26,28,29). The molecule has 8 nitrogen and oxygen atoms in total. The van der Waals surface area contributed by atoms with E-state index in [0.717, 1.165) is 43.6 Å². The van der Waals surface area contributed by atoms with Gasteiger partial charge in [0.15, 0.2) is 5.82 Å². The molecule has 0 aliphatic carbocycles. The number of halogens is 1. The van der Waals surface area contributed by atoms with Gasteiger partial charge >= 0.3 is 0 Å². The smallest absolute Gasteiger partial charge is 0.255 e. The van der Waals surface area contributed by atoms with Gasteiger partial charge in [-0.1, -0.05) is 12.1 Å². The van der Waals surface area contributed by atoms with E-state index in [1.807, 2.05) is 23.0 Å². The molecule has 0 spiro atoms. The number of carbonyl (C=O) groups is 1. The number of nitrogens with one attached hydrogen (secondary N) is 3. The molecule has 3 aromatic rings. The van der Waals surface area contributed by atoms with Crippen molar-refractivity contribution in [3.05, 3.63) is 59.8 Å². The average Bonchev–Trinajstić information content (AvgIpc) is 3.28. The van der Waals surface area contributed by atoms with Gasteiger partial charge in [-0.2, -0.15) is 5.10 Å². The highest BCUT2D eigenvalue weighted by atomic mass is 19.1. The summed E-state index contributed by atoms with van der Waals surface area (Å²) in [5, 5.41) is 14.1. The summed E-state index contributed by atoms with van der Waals surface area (Å²) in [5.41, 5.74) is 3.20. The maximum Gasteiger partial charge on any atom is 0.255 e. The van der Waals surface area contributed by atoms with E-state index in [0.29, 0.717) is 29.7 Å². The summed E-state index contributed by atoms with van der Waals surface area (Å²) in [6.07, 6.45) is 7.74. The van der Waals surface area contributed by atoms with Crippen LogP contribution in [0.4, 0.5) is 27.3 Å². The lowest BCUT2D eigenvalue weighted by Crippen LogP contribution is -2.34. The first-order valence-electron chi connectivity index (χ1n) is 10.9. The summed E-state index contributed by atoms with van der Waals surface area (Å²) in [4.78, 5) is 18.6. The molecule has 2 aromatic heterocycles. The van der Waals surface area contributed by atoms with Crippen molar-refractivity contribution in [1.29, 1.82) is 0 Å². The second kappa shape index (κ2) is 8.58. The normalized spacial score (nSPS) is 16.7. The first-order valence-corrected chi connectivity index (χ1v) is 10.9. The molecular weight excluding hydrogens is 409 g/mol. The van der Waals surface area contributed by atoms with Crippen molar-refractivity contribution in [3.63, 3.8) is 0 Å². The predicted octanol–water partition coefficient (Wildman–Crippen LogP) is 3.46. The summed E-state index contributed by atoms with van der Waals surface area (Å²) in [6.45, 7) is 2.66. The van der Waals surface area contributed by atoms with Crippen LogP contribution in [0.25, 0.3) is 0 Å². The van der Waals surface area contributed by atoms with Gasteiger partial charge in [0.05, 0.1) is 41.1 Å². The largest absolute Gasteiger partial charge is 0.352 e. The lowest BCUT2D eigenvalue weighted by Gasteiger charge is -2.27. The summed E-state index contributed by atoms with van der Waals surface area (Å²) < 4.78 is 16.6. The SMILES string of the molecule is CN1CCc2cccc(Nc3cc(Nc4cnn(C5CCNCC5)c4)ncc3F)c2C1=O. The van der Waals surface area contributed by atoms with Crippen LogP contribution in [0.3, 0.4) is 0 Å². The van der Waals surface area contributed by atoms with Crippen LogP contribution in [-0.4, -0.2) is 52.3 Å².